The van der Waals surface area contributed by atoms with Crippen molar-refractivity contribution in [2.75, 3.05) is 25.0 Å². The maximum atomic E-state index is 11.9. The first kappa shape index (κ1) is 14.0. The van der Waals surface area contributed by atoms with Gasteiger partial charge in [-0.15, -0.1) is 0 Å². The molecule has 1 aliphatic heterocycles. The quantitative estimate of drug-likeness (QED) is 0.868. The van der Waals surface area contributed by atoms with Crippen LogP contribution in [0.15, 0.2) is 18.2 Å². The molecule has 1 saturated heterocycles. The lowest BCUT2D eigenvalue weighted by molar-refractivity contribution is -0.128. The molecule has 0 spiro atoms. The zero-order valence-corrected chi connectivity index (χ0v) is 11.9. The van der Waals surface area contributed by atoms with Crippen LogP contribution in [0.3, 0.4) is 0 Å². The molecule has 1 fully saturated rings. The Labute approximate surface area is 114 Å². The van der Waals surface area contributed by atoms with Gasteiger partial charge >= 0.3 is 0 Å². The normalized spacial score (nSPS) is 17.9. The van der Waals surface area contributed by atoms with Gasteiger partial charge in [-0.25, -0.2) is 0 Å². The van der Waals surface area contributed by atoms with E-state index in [0.29, 0.717) is 19.6 Å². The summed E-state index contributed by atoms with van der Waals surface area (Å²) < 4.78 is 0. The van der Waals surface area contributed by atoms with Gasteiger partial charge in [0.1, 0.15) is 0 Å². The molecule has 2 N–H and O–H groups in total. The average Bonchev–Trinajstić information content (AvgIpc) is 2.31. The number of β-amino-alcohol motifs (C(OH)–C–C–N with tert-alkyl or cyclic N) is 1. The summed E-state index contributed by atoms with van der Waals surface area (Å²) in [5.41, 5.74) is 2.48. The smallest absolute Gasteiger partial charge is 0.238 e. The monoisotopic (exact) mass is 262 g/mol. The number of hydrogen-bond acceptors (Lipinski definition) is 3. The van der Waals surface area contributed by atoms with Crippen LogP contribution in [0, 0.1) is 13.8 Å². The maximum Gasteiger partial charge on any atom is 0.238 e. The van der Waals surface area contributed by atoms with E-state index >= 15 is 0 Å². The van der Waals surface area contributed by atoms with Gasteiger partial charge < -0.3 is 10.4 Å². The molecule has 0 bridgehead atoms. The van der Waals surface area contributed by atoms with Crippen LogP contribution in [0.1, 0.15) is 24.5 Å². The first-order valence-corrected chi connectivity index (χ1v) is 6.74. The molecule has 2 rings (SSSR count). The third-order valence-electron chi connectivity index (χ3n) is 3.73. The van der Waals surface area contributed by atoms with Crippen LogP contribution >= 0.6 is 0 Å². The predicted molar refractivity (Wildman–Crippen MR) is 76.2 cm³/mol. The third-order valence-corrected chi connectivity index (χ3v) is 3.73. The Kier molecular flexibility index (Phi) is 3.92. The van der Waals surface area contributed by atoms with Crippen molar-refractivity contribution < 1.29 is 9.90 Å². The van der Waals surface area contributed by atoms with E-state index in [2.05, 4.69) is 5.32 Å². The Balaban J connectivity index is 1.87. The van der Waals surface area contributed by atoms with E-state index in [1.54, 1.807) is 0 Å². The average molecular weight is 262 g/mol. The van der Waals surface area contributed by atoms with Crippen molar-refractivity contribution in [3.05, 3.63) is 29.3 Å². The van der Waals surface area contributed by atoms with Gasteiger partial charge in [0.25, 0.3) is 0 Å². The second kappa shape index (κ2) is 5.31. The highest BCUT2D eigenvalue weighted by atomic mass is 16.3. The summed E-state index contributed by atoms with van der Waals surface area (Å²) in [6.45, 7) is 7.47. The summed E-state index contributed by atoms with van der Waals surface area (Å²) in [5, 5.41) is 12.8. The molecule has 4 heteroatoms. The van der Waals surface area contributed by atoms with Crippen LogP contribution in [-0.4, -0.2) is 41.1 Å². The Hall–Kier alpha value is -1.39. The molecule has 1 aliphatic rings. The molecule has 0 aromatic heterocycles. The summed E-state index contributed by atoms with van der Waals surface area (Å²) >= 11 is 0. The van der Waals surface area contributed by atoms with Gasteiger partial charge in [-0.3, -0.25) is 9.69 Å². The van der Waals surface area contributed by atoms with Crippen molar-refractivity contribution in [1.29, 1.82) is 0 Å². The van der Waals surface area contributed by atoms with E-state index in [0.717, 1.165) is 23.2 Å². The molecule has 1 aromatic rings. The van der Waals surface area contributed by atoms with Crippen molar-refractivity contribution in [3.63, 3.8) is 0 Å². The standard InChI is InChI=1S/C15H22N2O2/c1-4-15(19)9-17(10-15)8-14(18)16-13-7-11(2)5-6-12(13)3/h5-7,19H,4,8-10H2,1-3H3,(H,16,18). The number of aliphatic hydroxyl groups is 1. The minimum Gasteiger partial charge on any atom is -0.387 e. The zero-order valence-electron chi connectivity index (χ0n) is 11.9. The highest BCUT2D eigenvalue weighted by Gasteiger charge is 2.39. The van der Waals surface area contributed by atoms with Gasteiger partial charge in [0.2, 0.25) is 5.91 Å². The maximum absolute atomic E-state index is 11.9. The third kappa shape index (κ3) is 3.33. The van der Waals surface area contributed by atoms with E-state index in [4.69, 9.17) is 0 Å². The first-order valence-electron chi connectivity index (χ1n) is 6.74. The number of hydrogen-bond donors (Lipinski definition) is 2. The molecule has 1 aromatic carbocycles. The van der Waals surface area contributed by atoms with E-state index < -0.39 is 5.60 Å². The van der Waals surface area contributed by atoms with Crippen molar-refractivity contribution in [2.45, 2.75) is 32.8 Å². The van der Waals surface area contributed by atoms with Gasteiger partial charge in [0.05, 0.1) is 12.1 Å². The molecule has 0 radical (unpaired) electrons. The summed E-state index contributed by atoms with van der Waals surface area (Å²) in [7, 11) is 0. The number of amides is 1. The fraction of sp³-hybridized carbons (Fsp3) is 0.533. The van der Waals surface area contributed by atoms with Crippen LogP contribution in [0.4, 0.5) is 5.69 Å². The highest BCUT2D eigenvalue weighted by molar-refractivity contribution is 5.93. The fourth-order valence-corrected chi connectivity index (χ4v) is 2.38. The number of anilines is 1. The summed E-state index contributed by atoms with van der Waals surface area (Å²) in [5.74, 6) is -0.0214. The van der Waals surface area contributed by atoms with Crippen LogP contribution < -0.4 is 5.32 Å². The van der Waals surface area contributed by atoms with E-state index in [1.165, 1.54) is 0 Å². The number of nitrogens with one attached hydrogen (secondary N) is 1. The van der Waals surface area contributed by atoms with E-state index in [-0.39, 0.29) is 5.91 Å². The first-order chi connectivity index (χ1) is 8.92. The number of nitrogens with zero attached hydrogens (tertiary/aromatic N) is 1. The number of carbonyl (C=O) groups excluding carboxylic acids is 1. The number of benzene rings is 1. The summed E-state index contributed by atoms with van der Waals surface area (Å²) in [4.78, 5) is 13.9. The molecule has 104 valence electrons. The number of carbonyl (C=O) groups is 1. The molecule has 0 atom stereocenters. The van der Waals surface area contributed by atoms with Crippen molar-refractivity contribution in [2.24, 2.45) is 0 Å². The molecular weight excluding hydrogens is 240 g/mol. The Morgan fingerprint density at radius 3 is 2.74 bits per heavy atom. The lowest BCUT2D eigenvalue weighted by Crippen LogP contribution is -2.62. The molecule has 19 heavy (non-hydrogen) atoms. The minimum absolute atomic E-state index is 0.0214. The summed E-state index contributed by atoms with van der Waals surface area (Å²) in [6.07, 6.45) is 0.738. The SMILES string of the molecule is CCC1(O)CN(CC(=O)Nc2cc(C)ccc2C)C1. The van der Waals surface area contributed by atoms with Gasteiger partial charge in [-0.2, -0.15) is 0 Å². The van der Waals surface area contributed by atoms with Crippen LogP contribution in [0.5, 0.6) is 0 Å². The number of likely N-dealkylation sites (tertiary alicyclic amines) is 1. The molecule has 4 nitrogen and oxygen atoms in total. The van der Waals surface area contributed by atoms with Gasteiger partial charge in [-0.1, -0.05) is 19.1 Å². The number of rotatable bonds is 4. The summed E-state index contributed by atoms with van der Waals surface area (Å²) in [6, 6.07) is 6.01. The largest absolute Gasteiger partial charge is 0.387 e. The van der Waals surface area contributed by atoms with Crippen LogP contribution in [0.25, 0.3) is 0 Å². The van der Waals surface area contributed by atoms with Crippen molar-refractivity contribution in [1.82, 2.24) is 4.90 Å². The van der Waals surface area contributed by atoms with Gasteiger partial charge in [0.15, 0.2) is 0 Å². The Bertz CT molecular complexity index is 479. The predicted octanol–water partition coefficient (Wildman–Crippen LogP) is 1.70. The minimum atomic E-state index is -0.584. The Morgan fingerprint density at radius 2 is 2.11 bits per heavy atom. The molecular formula is C15H22N2O2. The van der Waals surface area contributed by atoms with Gasteiger partial charge in [0, 0.05) is 18.8 Å². The van der Waals surface area contributed by atoms with Crippen LogP contribution in [-0.2, 0) is 4.79 Å². The molecule has 0 unspecified atom stereocenters. The van der Waals surface area contributed by atoms with Gasteiger partial charge in [-0.05, 0) is 37.5 Å². The zero-order chi connectivity index (χ0) is 14.0. The molecule has 1 heterocycles. The highest BCUT2D eigenvalue weighted by Crippen LogP contribution is 2.23. The fourth-order valence-electron chi connectivity index (χ4n) is 2.38. The lowest BCUT2D eigenvalue weighted by atomic mass is 9.91. The van der Waals surface area contributed by atoms with Crippen molar-refractivity contribution >= 4 is 11.6 Å². The molecule has 0 saturated carbocycles. The molecule has 1 amide bonds. The van der Waals surface area contributed by atoms with E-state index in [9.17, 15) is 9.90 Å². The molecule has 0 aliphatic carbocycles. The van der Waals surface area contributed by atoms with E-state index in [1.807, 2.05) is 43.9 Å². The second-order valence-electron chi connectivity index (χ2n) is 5.59. The Morgan fingerprint density at radius 1 is 1.42 bits per heavy atom. The number of aryl methyl sites for hydroxylation is 2. The van der Waals surface area contributed by atoms with Crippen LogP contribution in [0.2, 0.25) is 0 Å². The topological polar surface area (TPSA) is 52.6 Å². The lowest BCUT2D eigenvalue weighted by Gasteiger charge is -2.45. The van der Waals surface area contributed by atoms with Crippen molar-refractivity contribution in [3.8, 4) is 0 Å². The second-order valence-corrected chi connectivity index (χ2v) is 5.59.